The second-order valence-corrected chi connectivity index (χ2v) is 6.04. The summed E-state index contributed by atoms with van der Waals surface area (Å²) in [5.74, 6) is -1.06. The first-order valence-electron chi connectivity index (χ1n) is 8.26. The van der Waals surface area contributed by atoms with Crippen molar-refractivity contribution in [3.63, 3.8) is 0 Å². The molecule has 27 heavy (non-hydrogen) atoms. The van der Waals surface area contributed by atoms with E-state index in [4.69, 9.17) is 4.74 Å². The molecule has 0 aliphatic heterocycles. The van der Waals surface area contributed by atoms with Crippen LogP contribution < -0.4 is 10.1 Å². The van der Waals surface area contributed by atoms with Gasteiger partial charge >= 0.3 is 6.18 Å². The summed E-state index contributed by atoms with van der Waals surface area (Å²) in [6.07, 6.45) is -4.66. The number of carbonyl (C=O) groups excluding carboxylic acids is 1. The van der Waals surface area contributed by atoms with Crippen LogP contribution in [0, 0.1) is 0 Å². The number of nitrogens with one attached hydrogen (secondary N) is 1. The zero-order chi connectivity index (χ0) is 19.6. The fourth-order valence-corrected chi connectivity index (χ4v) is 2.98. The third kappa shape index (κ3) is 3.89. The van der Waals surface area contributed by atoms with Gasteiger partial charge in [-0.2, -0.15) is 13.2 Å². The van der Waals surface area contributed by atoms with Crippen LogP contribution in [0.25, 0.3) is 11.0 Å². The molecule has 1 heterocycles. The van der Waals surface area contributed by atoms with E-state index in [-0.39, 0.29) is 11.0 Å². The number of fused-ring (bicyclic) bond motifs is 1. The van der Waals surface area contributed by atoms with Gasteiger partial charge in [-0.15, -0.1) is 0 Å². The highest BCUT2D eigenvalue weighted by Gasteiger charge is 2.38. The fourth-order valence-electron chi connectivity index (χ4n) is 2.98. The molecule has 1 aromatic heterocycles. The maximum atomic E-state index is 13.3. The number of methoxy groups -OCH3 is 1. The van der Waals surface area contributed by atoms with E-state index in [2.05, 4.69) is 10.3 Å². The molecule has 1 N–H and O–H groups in total. The van der Waals surface area contributed by atoms with Gasteiger partial charge in [0.2, 0.25) is 11.7 Å². The van der Waals surface area contributed by atoms with Crippen LogP contribution in [0.3, 0.4) is 0 Å². The SMILES string of the molecule is COc1ccccc1C(C)NC(=O)Cn1c(C(F)(F)F)nc2ccccc21. The van der Waals surface area contributed by atoms with Crippen LogP contribution in [0.15, 0.2) is 48.5 Å². The van der Waals surface area contributed by atoms with Crippen LogP contribution in [-0.4, -0.2) is 22.6 Å². The van der Waals surface area contributed by atoms with Gasteiger partial charge in [0.1, 0.15) is 12.3 Å². The average molecular weight is 377 g/mol. The zero-order valence-electron chi connectivity index (χ0n) is 14.7. The van der Waals surface area contributed by atoms with Gasteiger partial charge in [-0.3, -0.25) is 4.79 Å². The molecule has 3 rings (SSSR count). The van der Waals surface area contributed by atoms with Crippen LogP contribution in [0.4, 0.5) is 13.2 Å². The van der Waals surface area contributed by atoms with Crippen molar-refractivity contribution < 1.29 is 22.7 Å². The number of para-hydroxylation sites is 3. The maximum absolute atomic E-state index is 13.3. The number of hydrogen-bond acceptors (Lipinski definition) is 3. The smallest absolute Gasteiger partial charge is 0.449 e. The molecule has 5 nitrogen and oxygen atoms in total. The second kappa shape index (κ2) is 7.30. The van der Waals surface area contributed by atoms with Crippen LogP contribution in [0.5, 0.6) is 5.75 Å². The van der Waals surface area contributed by atoms with E-state index in [0.717, 1.165) is 10.1 Å². The minimum Gasteiger partial charge on any atom is -0.496 e. The minimum atomic E-state index is -4.66. The summed E-state index contributed by atoms with van der Waals surface area (Å²) in [5.41, 5.74) is 1.18. The van der Waals surface area contributed by atoms with Crippen molar-refractivity contribution in [1.82, 2.24) is 14.9 Å². The van der Waals surface area contributed by atoms with E-state index in [1.807, 2.05) is 0 Å². The van der Waals surface area contributed by atoms with Gasteiger partial charge in [0.15, 0.2) is 0 Å². The van der Waals surface area contributed by atoms with E-state index in [1.165, 1.54) is 19.2 Å². The molecular formula is C19H18F3N3O2. The summed E-state index contributed by atoms with van der Waals surface area (Å²) in [7, 11) is 1.51. The standard InChI is InChI=1S/C19H18F3N3O2/c1-12(13-7-3-6-10-16(13)27-2)23-17(26)11-25-15-9-5-4-8-14(15)24-18(25)19(20,21)22/h3-10,12H,11H2,1-2H3,(H,23,26). The average Bonchev–Trinajstić information content (AvgIpc) is 3.00. The summed E-state index contributed by atoms with van der Waals surface area (Å²) >= 11 is 0. The first kappa shape index (κ1) is 18.8. The topological polar surface area (TPSA) is 56.1 Å². The Hall–Kier alpha value is -3.03. The van der Waals surface area contributed by atoms with Gasteiger partial charge in [0.05, 0.1) is 24.2 Å². The molecule has 0 fully saturated rings. The van der Waals surface area contributed by atoms with E-state index >= 15 is 0 Å². The molecule has 3 aromatic rings. The zero-order valence-corrected chi connectivity index (χ0v) is 14.7. The Morgan fingerprint density at radius 2 is 1.85 bits per heavy atom. The lowest BCUT2D eigenvalue weighted by atomic mass is 10.1. The lowest BCUT2D eigenvalue weighted by molar-refractivity contribution is -0.147. The van der Waals surface area contributed by atoms with Crippen molar-refractivity contribution in [2.45, 2.75) is 25.7 Å². The Kier molecular flexibility index (Phi) is 5.07. The third-order valence-corrected chi connectivity index (χ3v) is 4.19. The van der Waals surface area contributed by atoms with E-state index in [9.17, 15) is 18.0 Å². The molecule has 1 atom stereocenters. The number of aromatic nitrogens is 2. The van der Waals surface area contributed by atoms with Gasteiger partial charge in [0, 0.05) is 5.56 Å². The summed E-state index contributed by atoms with van der Waals surface area (Å²) in [6.45, 7) is 1.25. The number of halogens is 3. The molecule has 1 unspecified atom stereocenters. The summed E-state index contributed by atoms with van der Waals surface area (Å²) in [6, 6.07) is 12.9. The first-order valence-corrected chi connectivity index (χ1v) is 8.26. The number of amides is 1. The van der Waals surface area contributed by atoms with Crippen molar-refractivity contribution in [1.29, 1.82) is 0 Å². The van der Waals surface area contributed by atoms with Crippen LogP contribution >= 0.6 is 0 Å². The van der Waals surface area contributed by atoms with E-state index < -0.39 is 30.5 Å². The molecule has 0 saturated carbocycles. The number of imidazole rings is 1. The van der Waals surface area contributed by atoms with Gasteiger partial charge in [-0.1, -0.05) is 30.3 Å². The van der Waals surface area contributed by atoms with Crippen molar-refractivity contribution >= 4 is 16.9 Å². The molecule has 142 valence electrons. The Labute approximate surface area is 153 Å². The molecule has 8 heteroatoms. The molecule has 0 spiro atoms. The highest BCUT2D eigenvalue weighted by Crippen LogP contribution is 2.31. The Morgan fingerprint density at radius 3 is 2.56 bits per heavy atom. The normalized spacial score (nSPS) is 12.8. The summed E-state index contributed by atoms with van der Waals surface area (Å²) in [5, 5.41) is 2.72. The molecule has 0 aliphatic rings. The molecule has 0 radical (unpaired) electrons. The van der Waals surface area contributed by atoms with E-state index in [0.29, 0.717) is 5.75 Å². The third-order valence-electron chi connectivity index (χ3n) is 4.19. The van der Waals surface area contributed by atoms with Gasteiger partial charge in [-0.25, -0.2) is 4.98 Å². The van der Waals surface area contributed by atoms with Crippen molar-refractivity contribution in [3.05, 3.63) is 59.9 Å². The minimum absolute atomic E-state index is 0.190. The number of benzene rings is 2. The van der Waals surface area contributed by atoms with E-state index in [1.54, 1.807) is 43.3 Å². The van der Waals surface area contributed by atoms with Gasteiger partial charge in [-0.05, 0) is 25.1 Å². The lowest BCUT2D eigenvalue weighted by Gasteiger charge is -2.18. The van der Waals surface area contributed by atoms with Crippen LogP contribution in [0.1, 0.15) is 24.4 Å². The van der Waals surface area contributed by atoms with Crippen molar-refractivity contribution in [2.75, 3.05) is 7.11 Å². The Bertz CT molecular complexity index is 966. The van der Waals surface area contributed by atoms with Crippen molar-refractivity contribution in [2.24, 2.45) is 0 Å². The molecule has 2 aromatic carbocycles. The molecule has 0 aliphatic carbocycles. The number of alkyl halides is 3. The predicted octanol–water partition coefficient (Wildman–Crippen LogP) is 3.94. The molecule has 0 saturated heterocycles. The first-order chi connectivity index (χ1) is 12.8. The number of nitrogens with zero attached hydrogens (tertiary/aromatic N) is 2. The number of rotatable bonds is 5. The maximum Gasteiger partial charge on any atom is 0.449 e. The van der Waals surface area contributed by atoms with Crippen LogP contribution in [0.2, 0.25) is 0 Å². The molecule has 0 bridgehead atoms. The quantitative estimate of drug-likeness (QED) is 0.733. The lowest BCUT2D eigenvalue weighted by Crippen LogP contribution is -2.31. The fraction of sp³-hybridized carbons (Fsp3) is 0.263. The van der Waals surface area contributed by atoms with Gasteiger partial charge < -0.3 is 14.6 Å². The Balaban J connectivity index is 1.86. The van der Waals surface area contributed by atoms with Gasteiger partial charge in [0.25, 0.3) is 0 Å². The predicted molar refractivity (Wildman–Crippen MR) is 94.3 cm³/mol. The Morgan fingerprint density at radius 1 is 1.19 bits per heavy atom. The van der Waals surface area contributed by atoms with Crippen molar-refractivity contribution in [3.8, 4) is 5.75 Å². The number of hydrogen-bond donors (Lipinski definition) is 1. The number of carbonyl (C=O) groups is 1. The molecule has 1 amide bonds. The molecular weight excluding hydrogens is 359 g/mol. The second-order valence-electron chi connectivity index (χ2n) is 6.04. The number of ether oxygens (including phenoxy) is 1. The monoisotopic (exact) mass is 377 g/mol. The van der Waals surface area contributed by atoms with Crippen LogP contribution in [-0.2, 0) is 17.5 Å². The summed E-state index contributed by atoms with van der Waals surface area (Å²) < 4.78 is 46.1. The largest absolute Gasteiger partial charge is 0.496 e. The summed E-state index contributed by atoms with van der Waals surface area (Å²) in [4.78, 5) is 16.1. The highest BCUT2D eigenvalue weighted by atomic mass is 19.4. The highest BCUT2D eigenvalue weighted by molar-refractivity contribution is 5.81.